The van der Waals surface area contributed by atoms with Gasteiger partial charge in [0.15, 0.2) is 11.5 Å². The first-order valence-electron chi connectivity index (χ1n) is 7.19. The highest BCUT2D eigenvalue weighted by Crippen LogP contribution is 2.32. The highest BCUT2D eigenvalue weighted by Gasteiger charge is 2.14. The number of rotatable bonds is 8. The molecule has 2 atom stereocenters. The van der Waals surface area contributed by atoms with Crippen molar-refractivity contribution in [1.82, 2.24) is 0 Å². The van der Waals surface area contributed by atoms with Crippen molar-refractivity contribution in [3.05, 3.63) is 23.8 Å². The molecule has 0 radical (unpaired) electrons. The topological polar surface area (TPSA) is 38.7 Å². The molecule has 0 aliphatic carbocycles. The molecule has 1 aromatic carbocycles. The normalized spacial score (nSPS) is 13.9. The molecule has 108 valence electrons. The molecule has 0 saturated carbocycles. The van der Waals surface area contributed by atoms with E-state index in [1.807, 2.05) is 32.0 Å². The Bertz CT molecular complexity index is 376. The van der Waals surface area contributed by atoms with E-state index in [-0.39, 0.29) is 0 Å². The van der Waals surface area contributed by atoms with E-state index in [4.69, 9.17) is 9.47 Å². The molecule has 1 N–H and O–H groups in total. The first-order valence-corrected chi connectivity index (χ1v) is 7.19. The molecule has 19 heavy (non-hydrogen) atoms. The Morgan fingerprint density at radius 1 is 1.05 bits per heavy atom. The molecule has 0 fully saturated rings. The molecule has 1 aromatic rings. The van der Waals surface area contributed by atoms with Crippen molar-refractivity contribution in [3.8, 4) is 11.5 Å². The van der Waals surface area contributed by atoms with Crippen LogP contribution in [-0.2, 0) is 0 Å². The molecule has 3 heteroatoms. The maximum Gasteiger partial charge on any atom is 0.161 e. The van der Waals surface area contributed by atoms with Gasteiger partial charge in [-0.15, -0.1) is 0 Å². The fourth-order valence-corrected chi connectivity index (χ4v) is 1.96. The summed E-state index contributed by atoms with van der Waals surface area (Å²) >= 11 is 0. The summed E-state index contributed by atoms with van der Waals surface area (Å²) in [6, 6.07) is 5.69. The number of hydrogen-bond acceptors (Lipinski definition) is 3. The number of ether oxygens (including phenoxy) is 2. The van der Waals surface area contributed by atoms with Crippen molar-refractivity contribution >= 4 is 0 Å². The van der Waals surface area contributed by atoms with E-state index < -0.39 is 6.10 Å². The Hall–Kier alpha value is -1.22. The monoisotopic (exact) mass is 266 g/mol. The van der Waals surface area contributed by atoms with Crippen LogP contribution >= 0.6 is 0 Å². The Balaban J connectivity index is 2.87. The van der Waals surface area contributed by atoms with E-state index in [0.29, 0.717) is 24.9 Å². The van der Waals surface area contributed by atoms with Crippen molar-refractivity contribution in [2.24, 2.45) is 5.92 Å². The second kappa shape index (κ2) is 8.05. The molecular weight excluding hydrogens is 240 g/mol. The van der Waals surface area contributed by atoms with E-state index in [0.717, 1.165) is 24.2 Å². The van der Waals surface area contributed by atoms with Gasteiger partial charge in [0.25, 0.3) is 0 Å². The highest BCUT2D eigenvalue weighted by atomic mass is 16.5. The van der Waals surface area contributed by atoms with Crippen LogP contribution in [0.5, 0.6) is 11.5 Å². The summed E-state index contributed by atoms with van der Waals surface area (Å²) in [5.74, 6) is 1.96. The smallest absolute Gasteiger partial charge is 0.161 e. The van der Waals surface area contributed by atoms with Crippen LogP contribution in [0.15, 0.2) is 18.2 Å². The molecule has 0 aromatic heterocycles. The third-order valence-electron chi connectivity index (χ3n) is 3.27. The first kappa shape index (κ1) is 15.8. The average molecular weight is 266 g/mol. The van der Waals surface area contributed by atoms with E-state index in [2.05, 4.69) is 13.8 Å². The SMILES string of the molecule is CCOc1ccc(C(O)CC(C)CC)cc1OCC. The van der Waals surface area contributed by atoms with Gasteiger partial charge in [0.05, 0.1) is 19.3 Å². The second-order valence-corrected chi connectivity index (χ2v) is 4.84. The van der Waals surface area contributed by atoms with Crippen LogP contribution in [0.1, 0.15) is 52.2 Å². The summed E-state index contributed by atoms with van der Waals surface area (Å²) in [4.78, 5) is 0. The summed E-state index contributed by atoms with van der Waals surface area (Å²) < 4.78 is 11.1. The van der Waals surface area contributed by atoms with Gasteiger partial charge in [-0.1, -0.05) is 26.3 Å². The summed E-state index contributed by atoms with van der Waals surface area (Å²) in [6.45, 7) is 9.38. The molecular formula is C16H26O3. The lowest BCUT2D eigenvalue weighted by atomic mass is 9.96. The van der Waals surface area contributed by atoms with Crippen molar-refractivity contribution in [1.29, 1.82) is 0 Å². The summed E-state index contributed by atoms with van der Waals surface area (Å²) in [5.41, 5.74) is 0.896. The van der Waals surface area contributed by atoms with Crippen LogP contribution in [0.25, 0.3) is 0 Å². The van der Waals surface area contributed by atoms with Gasteiger partial charge >= 0.3 is 0 Å². The zero-order valence-corrected chi connectivity index (χ0v) is 12.5. The van der Waals surface area contributed by atoms with E-state index in [1.165, 1.54) is 0 Å². The highest BCUT2D eigenvalue weighted by molar-refractivity contribution is 5.43. The zero-order valence-electron chi connectivity index (χ0n) is 12.5. The van der Waals surface area contributed by atoms with Crippen LogP contribution in [0.4, 0.5) is 0 Å². The third-order valence-corrected chi connectivity index (χ3v) is 3.27. The van der Waals surface area contributed by atoms with E-state index >= 15 is 0 Å². The lowest BCUT2D eigenvalue weighted by Crippen LogP contribution is -2.05. The van der Waals surface area contributed by atoms with Crippen LogP contribution in [0.2, 0.25) is 0 Å². The van der Waals surface area contributed by atoms with Gasteiger partial charge in [0.1, 0.15) is 0 Å². The number of aliphatic hydroxyl groups is 1. The number of benzene rings is 1. The fraction of sp³-hybridized carbons (Fsp3) is 0.625. The Kier molecular flexibility index (Phi) is 6.71. The molecule has 2 unspecified atom stereocenters. The minimum Gasteiger partial charge on any atom is -0.490 e. The van der Waals surface area contributed by atoms with Gasteiger partial charge < -0.3 is 14.6 Å². The molecule has 0 saturated heterocycles. The molecule has 0 bridgehead atoms. The maximum absolute atomic E-state index is 10.2. The zero-order chi connectivity index (χ0) is 14.3. The lowest BCUT2D eigenvalue weighted by Gasteiger charge is -2.18. The Morgan fingerprint density at radius 2 is 1.68 bits per heavy atom. The van der Waals surface area contributed by atoms with Crippen molar-refractivity contribution < 1.29 is 14.6 Å². The van der Waals surface area contributed by atoms with Crippen LogP contribution < -0.4 is 9.47 Å². The minimum absolute atomic E-state index is 0.440. The van der Waals surface area contributed by atoms with Gasteiger partial charge in [0.2, 0.25) is 0 Å². The quantitative estimate of drug-likeness (QED) is 0.774. The molecule has 0 aliphatic heterocycles. The summed E-state index contributed by atoms with van der Waals surface area (Å²) in [7, 11) is 0. The van der Waals surface area contributed by atoms with E-state index in [1.54, 1.807) is 0 Å². The summed E-state index contributed by atoms with van der Waals surface area (Å²) in [6.07, 6.45) is 1.41. The summed E-state index contributed by atoms with van der Waals surface area (Å²) in [5, 5.41) is 10.2. The Morgan fingerprint density at radius 3 is 2.26 bits per heavy atom. The molecule has 1 rings (SSSR count). The van der Waals surface area contributed by atoms with E-state index in [9.17, 15) is 5.11 Å². The predicted octanol–water partition coefficient (Wildman–Crippen LogP) is 3.95. The Labute approximate surface area is 116 Å². The molecule has 0 aliphatic rings. The minimum atomic E-state index is -0.440. The third kappa shape index (κ3) is 4.75. The van der Waals surface area contributed by atoms with Gasteiger partial charge in [-0.2, -0.15) is 0 Å². The molecule has 0 amide bonds. The number of aliphatic hydroxyl groups excluding tert-OH is 1. The molecule has 0 heterocycles. The predicted molar refractivity (Wildman–Crippen MR) is 77.8 cm³/mol. The second-order valence-electron chi connectivity index (χ2n) is 4.84. The van der Waals surface area contributed by atoms with Gasteiger partial charge in [-0.25, -0.2) is 0 Å². The van der Waals surface area contributed by atoms with Gasteiger partial charge in [-0.05, 0) is 43.9 Å². The maximum atomic E-state index is 10.2. The lowest BCUT2D eigenvalue weighted by molar-refractivity contribution is 0.146. The van der Waals surface area contributed by atoms with Crippen molar-refractivity contribution in [3.63, 3.8) is 0 Å². The van der Waals surface area contributed by atoms with Crippen LogP contribution in [0.3, 0.4) is 0 Å². The van der Waals surface area contributed by atoms with Crippen LogP contribution in [-0.4, -0.2) is 18.3 Å². The van der Waals surface area contributed by atoms with Crippen molar-refractivity contribution in [2.45, 2.75) is 46.6 Å². The average Bonchev–Trinajstić information content (AvgIpc) is 2.41. The molecule has 0 spiro atoms. The van der Waals surface area contributed by atoms with Crippen LogP contribution in [0, 0.1) is 5.92 Å². The standard InChI is InChI=1S/C16H26O3/c1-5-12(4)10-14(17)13-8-9-15(18-6-2)16(11-13)19-7-3/h8-9,11-12,14,17H,5-7,10H2,1-4H3. The number of hydrogen-bond donors (Lipinski definition) is 1. The molecule has 3 nitrogen and oxygen atoms in total. The van der Waals surface area contributed by atoms with Gasteiger partial charge in [-0.3, -0.25) is 0 Å². The van der Waals surface area contributed by atoms with Crippen molar-refractivity contribution in [2.75, 3.05) is 13.2 Å². The van der Waals surface area contributed by atoms with Gasteiger partial charge in [0, 0.05) is 0 Å². The first-order chi connectivity index (χ1) is 9.12. The fourth-order valence-electron chi connectivity index (χ4n) is 1.96. The largest absolute Gasteiger partial charge is 0.490 e.